The number of nitrogens with one attached hydrogen (secondary N) is 1. The van der Waals surface area contributed by atoms with Crippen molar-refractivity contribution in [2.24, 2.45) is 18.7 Å². The molecule has 0 aromatic carbocycles. The van der Waals surface area contributed by atoms with Gasteiger partial charge in [-0.05, 0) is 24.8 Å². The minimum Gasteiger partial charge on any atom is -0.393 e. The standard InChI is InChI=1S/C14H18N4O4S2/c1-18-6-10(5-16-18)13(8-2-11(19)3-8)17-24(21,22)12-4-9(7-23-12)14(15)20/h4-8,11,13,17,19H,2-3H2,1H3,(H2,15,20)/t8?,11?,13-/m1/s1. The van der Waals surface area contributed by atoms with Crippen LogP contribution in [0.2, 0.25) is 0 Å². The Morgan fingerprint density at radius 1 is 1.54 bits per heavy atom. The Bertz CT molecular complexity index is 852. The summed E-state index contributed by atoms with van der Waals surface area (Å²) >= 11 is 0.944. The molecule has 2 aromatic rings. The molecule has 0 aliphatic heterocycles. The molecule has 2 heterocycles. The van der Waals surface area contributed by atoms with Gasteiger partial charge in [0.05, 0.1) is 23.9 Å². The van der Waals surface area contributed by atoms with Crippen LogP contribution in [0.15, 0.2) is 28.0 Å². The molecular weight excluding hydrogens is 352 g/mol. The van der Waals surface area contributed by atoms with Gasteiger partial charge in [0.1, 0.15) is 4.21 Å². The molecule has 0 saturated heterocycles. The van der Waals surface area contributed by atoms with E-state index in [0.717, 1.165) is 16.9 Å². The summed E-state index contributed by atoms with van der Waals surface area (Å²) < 4.78 is 29.6. The fourth-order valence-electron chi connectivity index (χ4n) is 2.75. The van der Waals surface area contributed by atoms with Crippen LogP contribution in [0.4, 0.5) is 0 Å². The number of nitrogens with zero attached hydrogens (tertiary/aromatic N) is 2. The van der Waals surface area contributed by atoms with Crippen LogP contribution in [-0.4, -0.2) is 35.3 Å². The number of thiophene rings is 1. The Morgan fingerprint density at radius 3 is 2.75 bits per heavy atom. The van der Waals surface area contributed by atoms with E-state index in [1.807, 2.05) is 0 Å². The number of rotatable bonds is 6. The van der Waals surface area contributed by atoms with E-state index in [2.05, 4.69) is 9.82 Å². The number of hydrogen-bond donors (Lipinski definition) is 3. The summed E-state index contributed by atoms with van der Waals surface area (Å²) in [6, 6.07) is 0.789. The van der Waals surface area contributed by atoms with Crippen molar-refractivity contribution in [3.63, 3.8) is 0 Å². The Labute approximate surface area is 143 Å². The molecule has 0 bridgehead atoms. The number of hydrogen-bond acceptors (Lipinski definition) is 6. The first-order valence-electron chi connectivity index (χ1n) is 7.33. The number of amides is 1. The lowest BCUT2D eigenvalue weighted by Crippen LogP contribution is -2.41. The van der Waals surface area contributed by atoms with Crippen molar-refractivity contribution < 1.29 is 18.3 Å². The molecule has 8 nitrogen and oxygen atoms in total. The van der Waals surface area contributed by atoms with Gasteiger partial charge in [-0.2, -0.15) is 5.10 Å². The van der Waals surface area contributed by atoms with Crippen molar-refractivity contribution in [2.45, 2.75) is 29.2 Å². The summed E-state index contributed by atoms with van der Waals surface area (Å²) in [6.45, 7) is 0. The van der Waals surface area contributed by atoms with E-state index in [4.69, 9.17) is 5.73 Å². The van der Waals surface area contributed by atoms with Gasteiger partial charge >= 0.3 is 0 Å². The van der Waals surface area contributed by atoms with Crippen molar-refractivity contribution >= 4 is 27.3 Å². The number of aryl methyl sites for hydroxylation is 1. The van der Waals surface area contributed by atoms with Crippen LogP contribution < -0.4 is 10.5 Å². The molecular formula is C14H18N4O4S2. The van der Waals surface area contributed by atoms with Crippen molar-refractivity contribution in [2.75, 3.05) is 0 Å². The van der Waals surface area contributed by atoms with E-state index in [-0.39, 0.29) is 15.7 Å². The lowest BCUT2D eigenvalue weighted by atomic mass is 9.76. The van der Waals surface area contributed by atoms with Gasteiger partial charge in [0, 0.05) is 24.2 Å². The minimum atomic E-state index is -3.81. The zero-order valence-electron chi connectivity index (χ0n) is 12.9. The second-order valence-electron chi connectivity index (χ2n) is 5.95. The molecule has 1 fully saturated rings. The highest BCUT2D eigenvalue weighted by Gasteiger charge is 2.38. The number of aliphatic hydroxyl groups excluding tert-OH is 1. The molecule has 130 valence electrons. The van der Waals surface area contributed by atoms with Crippen LogP contribution >= 0.6 is 11.3 Å². The summed E-state index contributed by atoms with van der Waals surface area (Å²) in [4.78, 5) is 11.2. The molecule has 0 unspecified atom stereocenters. The lowest BCUT2D eigenvalue weighted by Gasteiger charge is -2.37. The first-order chi connectivity index (χ1) is 11.3. The van der Waals surface area contributed by atoms with E-state index < -0.39 is 28.1 Å². The van der Waals surface area contributed by atoms with E-state index in [9.17, 15) is 18.3 Å². The van der Waals surface area contributed by atoms with Gasteiger partial charge in [-0.1, -0.05) is 0 Å². The summed E-state index contributed by atoms with van der Waals surface area (Å²) in [5.74, 6) is -0.673. The zero-order valence-corrected chi connectivity index (χ0v) is 14.5. The van der Waals surface area contributed by atoms with Crippen LogP contribution in [-0.2, 0) is 17.1 Å². The van der Waals surface area contributed by atoms with E-state index >= 15 is 0 Å². The highest BCUT2D eigenvalue weighted by Crippen LogP contribution is 2.39. The maximum atomic E-state index is 12.6. The molecule has 4 N–H and O–H groups in total. The quantitative estimate of drug-likeness (QED) is 0.677. The van der Waals surface area contributed by atoms with Gasteiger partial charge in [0.2, 0.25) is 5.91 Å². The van der Waals surface area contributed by atoms with Crippen molar-refractivity contribution in [3.05, 3.63) is 35.0 Å². The molecule has 0 spiro atoms. The normalized spacial score (nSPS) is 22.1. The molecule has 2 aromatic heterocycles. The third kappa shape index (κ3) is 3.36. The topological polar surface area (TPSA) is 127 Å². The lowest BCUT2D eigenvalue weighted by molar-refractivity contribution is 0.0280. The van der Waals surface area contributed by atoms with Gasteiger partial charge in [0.25, 0.3) is 10.0 Å². The zero-order chi connectivity index (χ0) is 17.5. The molecule has 24 heavy (non-hydrogen) atoms. The first kappa shape index (κ1) is 17.1. The van der Waals surface area contributed by atoms with Gasteiger partial charge in [0.15, 0.2) is 0 Å². The molecule has 1 amide bonds. The number of nitrogens with two attached hydrogens (primary N) is 1. The summed E-state index contributed by atoms with van der Waals surface area (Å²) in [6.07, 6.45) is 4.02. The van der Waals surface area contributed by atoms with Crippen molar-refractivity contribution in [1.29, 1.82) is 0 Å². The summed E-state index contributed by atoms with van der Waals surface area (Å²) in [7, 11) is -2.05. The predicted octanol–water partition coefficient (Wildman–Crippen LogP) is 0.371. The number of primary amides is 1. The molecule has 1 atom stereocenters. The summed E-state index contributed by atoms with van der Waals surface area (Å²) in [5, 5.41) is 15.1. The average Bonchev–Trinajstić information content (AvgIpc) is 3.11. The first-order valence-corrected chi connectivity index (χ1v) is 9.70. The minimum absolute atomic E-state index is 0.00505. The van der Waals surface area contributed by atoms with Gasteiger partial charge in [-0.3, -0.25) is 9.48 Å². The summed E-state index contributed by atoms with van der Waals surface area (Å²) in [5.41, 5.74) is 6.08. The van der Waals surface area contributed by atoms with Crippen LogP contribution in [0, 0.1) is 5.92 Å². The van der Waals surface area contributed by atoms with Gasteiger partial charge < -0.3 is 10.8 Å². The van der Waals surface area contributed by atoms with Crippen molar-refractivity contribution in [1.82, 2.24) is 14.5 Å². The predicted molar refractivity (Wildman–Crippen MR) is 87.8 cm³/mol. The van der Waals surface area contributed by atoms with E-state index in [1.54, 1.807) is 24.1 Å². The largest absolute Gasteiger partial charge is 0.393 e. The molecule has 10 heteroatoms. The average molecular weight is 370 g/mol. The fraction of sp³-hybridized carbons (Fsp3) is 0.429. The molecule has 1 aliphatic carbocycles. The Morgan fingerprint density at radius 2 is 2.25 bits per heavy atom. The Balaban J connectivity index is 1.86. The maximum absolute atomic E-state index is 12.6. The van der Waals surface area contributed by atoms with Gasteiger partial charge in [-0.25, -0.2) is 13.1 Å². The van der Waals surface area contributed by atoms with Crippen LogP contribution in [0.3, 0.4) is 0 Å². The molecule has 1 saturated carbocycles. The van der Waals surface area contributed by atoms with Crippen LogP contribution in [0.5, 0.6) is 0 Å². The number of aromatic nitrogens is 2. The second-order valence-corrected chi connectivity index (χ2v) is 8.80. The number of aliphatic hydroxyl groups is 1. The van der Waals surface area contributed by atoms with Crippen molar-refractivity contribution in [3.8, 4) is 0 Å². The number of carbonyl (C=O) groups excluding carboxylic acids is 1. The van der Waals surface area contributed by atoms with Crippen LogP contribution in [0.25, 0.3) is 0 Å². The second kappa shape index (κ2) is 6.28. The Kier molecular flexibility index (Phi) is 4.47. The van der Waals surface area contributed by atoms with E-state index in [1.165, 1.54) is 11.4 Å². The monoisotopic (exact) mass is 370 g/mol. The SMILES string of the molecule is Cn1cc([C@H](NS(=O)(=O)c2cc(C(N)=O)cs2)C2CC(O)C2)cn1. The third-order valence-electron chi connectivity index (χ3n) is 4.11. The van der Waals surface area contributed by atoms with E-state index in [0.29, 0.717) is 12.8 Å². The van der Waals surface area contributed by atoms with Gasteiger partial charge in [-0.15, -0.1) is 11.3 Å². The molecule has 0 radical (unpaired) electrons. The number of sulfonamides is 1. The molecule has 3 rings (SSSR count). The maximum Gasteiger partial charge on any atom is 0.250 e. The fourth-order valence-corrected chi connectivity index (χ4v) is 5.23. The third-order valence-corrected chi connectivity index (χ3v) is 6.99. The Hall–Kier alpha value is -1.75. The van der Waals surface area contributed by atoms with Crippen LogP contribution in [0.1, 0.15) is 34.8 Å². The molecule has 1 aliphatic rings. The highest BCUT2D eigenvalue weighted by molar-refractivity contribution is 7.91. The number of carbonyl (C=O) groups is 1. The highest BCUT2D eigenvalue weighted by atomic mass is 32.2. The smallest absolute Gasteiger partial charge is 0.250 e.